The molecule has 1 fully saturated rings. The van der Waals surface area contributed by atoms with Gasteiger partial charge in [0.15, 0.2) is 0 Å². The third-order valence-corrected chi connectivity index (χ3v) is 5.23. The number of halogens is 3. The Balaban J connectivity index is 0.00000225. The SMILES string of the molecule is Cl.NCc1nc(C(=O)N(Cc2c(F)cccc2F)C2CCCC2)cs1. The summed E-state index contributed by atoms with van der Waals surface area (Å²) in [6, 6.07) is 3.74. The van der Waals surface area contributed by atoms with Gasteiger partial charge in [-0.3, -0.25) is 4.79 Å². The zero-order valence-corrected chi connectivity index (χ0v) is 15.2. The van der Waals surface area contributed by atoms with Crippen LogP contribution in [0.25, 0.3) is 0 Å². The van der Waals surface area contributed by atoms with E-state index in [9.17, 15) is 13.6 Å². The van der Waals surface area contributed by atoms with Crippen molar-refractivity contribution in [3.05, 3.63) is 51.5 Å². The number of carbonyl (C=O) groups is 1. The van der Waals surface area contributed by atoms with Crippen molar-refractivity contribution in [2.24, 2.45) is 5.73 Å². The molecule has 4 nitrogen and oxygen atoms in total. The largest absolute Gasteiger partial charge is 0.330 e. The molecule has 2 N–H and O–H groups in total. The van der Waals surface area contributed by atoms with Crippen molar-refractivity contribution in [1.29, 1.82) is 0 Å². The number of amides is 1. The molecule has 136 valence electrons. The molecular formula is C17H20ClF2N3OS. The first-order valence-electron chi connectivity index (χ1n) is 7.98. The fraction of sp³-hybridized carbons (Fsp3) is 0.412. The molecule has 0 saturated heterocycles. The van der Waals surface area contributed by atoms with E-state index < -0.39 is 11.6 Å². The second-order valence-corrected chi connectivity index (χ2v) is 6.84. The number of thiazole rings is 1. The van der Waals surface area contributed by atoms with Gasteiger partial charge in [-0.25, -0.2) is 13.8 Å². The molecule has 3 rings (SSSR count). The summed E-state index contributed by atoms with van der Waals surface area (Å²) in [5.41, 5.74) is 5.77. The van der Waals surface area contributed by atoms with Crippen molar-refractivity contribution in [1.82, 2.24) is 9.88 Å². The third-order valence-electron chi connectivity index (χ3n) is 4.36. The molecule has 1 saturated carbocycles. The fourth-order valence-electron chi connectivity index (χ4n) is 3.09. The van der Waals surface area contributed by atoms with Crippen LogP contribution >= 0.6 is 23.7 Å². The maximum atomic E-state index is 14.0. The van der Waals surface area contributed by atoms with Crippen LogP contribution in [0.3, 0.4) is 0 Å². The van der Waals surface area contributed by atoms with E-state index in [2.05, 4.69) is 4.98 Å². The average molecular weight is 388 g/mol. The quantitative estimate of drug-likeness (QED) is 0.846. The standard InChI is InChI=1S/C17H19F2N3OS.ClH/c18-13-6-3-7-14(19)12(13)9-22(11-4-1-2-5-11)17(23)15-10-24-16(8-20)21-15;/h3,6-7,10-11H,1-2,4-5,8-9,20H2;1H. The molecule has 0 atom stereocenters. The van der Waals surface area contributed by atoms with Crippen LogP contribution in [-0.2, 0) is 13.1 Å². The minimum absolute atomic E-state index is 0. The van der Waals surface area contributed by atoms with Gasteiger partial charge >= 0.3 is 0 Å². The van der Waals surface area contributed by atoms with Crippen LogP contribution in [0.15, 0.2) is 23.6 Å². The van der Waals surface area contributed by atoms with Gasteiger partial charge in [-0.1, -0.05) is 18.9 Å². The lowest BCUT2D eigenvalue weighted by Crippen LogP contribution is -2.39. The lowest BCUT2D eigenvalue weighted by atomic mass is 10.1. The molecule has 2 aromatic rings. The first-order valence-corrected chi connectivity index (χ1v) is 8.86. The summed E-state index contributed by atoms with van der Waals surface area (Å²) in [4.78, 5) is 18.7. The molecule has 1 aliphatic carbocycles. The predicted octanol–water partition coefficient (Wildman–Crippen LogP) is 3.89. The van der Waals surface area contributed by atoms with Crippen LogP contribution in [-0.4, -0.2) is 21.8 Å². The van der Waals surface area contributed by atoms with Gasteiger partial charge < -0.3 is 10.6 Å². The highest BCUT2D eigenvalue weighted by atomic mass is 35.5. The fourth-order valence-corrected chi connectivity index (χ4v) is 3.73. The van der Waals surface area contributed by atoms with Crippen molar-refractivity contribution in [2.45, 2.75) is 44.8 Å². The normalized spacial score (nSPS) is 14.4. The molecule has 1 amide bonds. The summed E-state index contributed by atoms with van der Waals surface area (Å²) in [5.74, 6) is -1.56. The number of nitrogens with zero attached hydrogens (tertiary/aromatic N) is 2. The Kier molecular flexibility index (Phi) is 6.87. The van der Waals surface area contributed by atoms with Crippen LogP contribution in [0.1, 0.15) is 46.7 Å². The molecule has 1 heterocycles. The number of hydrogen-bond donors (Lipinski definition) is 1. The van der Waals surface area contributed by atoms with E-state index in [1.165, 1.54) is 29.5 Å². The topological polar surface area (TPSA) is 59.2 Å². The van der Waals surface area contributed by atoms with Crippen molar-refractivity contribution in [3.63, 3.8) is 0 Å². The summed E-state index contributed by atoms with van der Waals surface area (Å²) in [6.45, 7) is 0.181. The Morgan fingerprint density at radius 3 is 2.48 bits per heavy atom. The van der Waals surface area contributed by atoms with E-state index in [1.807, 2.05) is 0 Å². The van der Waals surface area contributed by atoms with Gasteiger partial charge in [-0.2, -0.15) is 0 Å². The summed E-state index contributed by atoms with van der Waals surface area (Å²) in [6.07, 6.45) is 3.71. The Hall–Kier alpha value is -1.57. The van der Waals surface area contributed by atoms with Crippen LogP contribution < -0.4 is 5.73 Å². The van der Waals surface area contributed by atoms with Crippen LogP contribution in [0, 0.1) is 11.6 Å². The maximum Gasteiger partial charge on any atom is 0.273 e. The Labute approximate surface area is 155 Å². The smallest absolute Gasteiger partial charge is 0.273 e. The molecule has 0 unspecified atom stereocenters. The molecule has 1 aliphatic rings. The van der Waals surface area contributed by atoms with Gasteiger partial charge in [0.05, 0.1) is 6.54 Å². The minimum atomic E-state index is -0.633. The highest BCUT2D eigenvalue weighted by Crippen LogP contribution is 2.28. The Bertz CT molecular complexity index is 714. The van der Waals surface area contributed by atoms with E-state index in [0.717, 1.165) is 25.7 Å². The number of nitrogens with two attached hydrogens (primary N) is 1. The molecule has 0 aliphatic heterocycles. The zero-order chi connectivity index (χ0) is 17.1. The maximum absolute atomic E-state index is 14.0. The average Bonchev–Trinajstić information content (AvgIpc) is 3.25. The Morgan fingerprint density at radius 1 is 1.28 bits per heavy atom. The number of rotatable bonds is 5. The molecule has 0 spiro atoms. The van der Waals surface area contributed by atoms with E-state index in [1.54, 1.807) is 10.3 Å². The predicted molar refractivity (Wildman–Crippen MR) is 95.7 cm³/mol. The zero-order valence-electron chi connectivity index (χ0n) is 13.6. The molecule has 0 bridgehead atoms. The molecular weight excluding hydrogens is 368 g/mol. The van der Waals surface area contributed by atoms with Gasteiger partial charge in [0, 0.05) is 23.5 Å². The summed E-state index contributed by atoms with van der Waals surface area (Å²) in [5, 5.41) is 2.33. The molecule has 0 radical (unpaired) electrons. The second kappa shape index (κ2) is 8.69. The van der Waals surface area contributed by atoms with E-state index in [4.69, 9.17) is 5.73 Å². The number of hydrogen-bond acceptors (Lipinski definition) is 4. The third kappa shape index (κ3) is 4.34. The van der Waals surface area contributed by atoms with Crippen LogP contribution in [0.4, 0.5) is 8.78 Å². The van der Waals surface area contributed by atoms with Crippen LogP contribution in [0.2, 0.25) is 0 Å². The van der Waals surface area contributed by atoms with Crippen molar-refractivity contribution in [2.75, 3.05) is 0 Å². The van der Waals surface area contributed by atoms with Gasteiger partial charge in [-0.15, -0.1) is 23.7 Å². The van der Waals surface area contributed by atoms with Gasteiger partial charge in [-0.05, 0) is 25.0 Å². The van der Waals surface area contributed by atoms with E-state index >= 15 is 0 Å². The first kappa shape index (κ1) is 19.8. The van der Waals surface area contributed by atoms with Crippen molar-refractivity contribution < 1.29 is 13.6 Å². The van der Waals surface area contributed by atoms with Gasteiger partial charge in [0.2, 0.25) is 0 Å². The minimum Gasteiger partial charge on any atom is -0.330 e. The van der Waals surface area contributed by atoms with E-state index in [0.29, 0.717) is 10.7 Å². The van der Waals surface area contributed by atoms with Crippen molar-refractivity contribution >= 4 is 29.7 Å². The summed E-state index contributed by atoms with van der Waals surface area (Å²) in [7, 11) is 0. The first-order chi connectivity index (χ1) is 11.6. The molecule has 8 heteroatoms. The Morgan fingerprint density at radius 2 is 1.92 bits per heavy atom. The number of carbonyl (C=O) groups excluding carboxylic acids is 1. The molecule has 1 aromatic heterocycles. The van der Waals surface area contributed by atoms with E-state index in [-0.39, 0.29) is 43.0 Å². The van der Waals surface area contributed by atoms with Crippen LogP contribution in [0.5, 0.6) is 0 Å². The van der Waals surface area contributed by atoms with Gasteiger partial charge in [0.25, 0.3) is 5.91 Å². The lowest BCUT2D eigenvalue weighted by Gasteiger charge is -2.28. The van der Waals surface area contributed by atoms with Gasteiger partial charge in [0.1, 0.15) is 22.3 Å². The molecule has 1 aromatic carbocycles. The summed E-state index contributed by atoms with van der Waals surface area (Å²) >= 11 is 1.32. The van der Waals surface area contributed by atoms with Crippen molar-refractivity contribution in [3.8, 4) is 0 Å². The number of aromatic nitrogens is 1. The monoisotopic (exact) mass is 387 g/mol. The lowest BCUT2D eigenvalue weighted by molar-refractivity contribution is 0.0654. The highest BCUT2D eigenvalue weighted by molar-refractivity contribution is 7.09. The highest BCUT2D eigenvalue weighted by Gasteiger charge is 2.30. The number of benzene rings is 1. The molecule has 25 heavy (non-hydrogen) atoms. The second-order valence-electron chi connectivity index (χ2n) is 5.90. The summed E-state index contributed by atoms with van der Waals surface area (Å²) < 4.78 is 28.0.